The molecule has 0 saturated heterocycles. The number of hydrogen-bond acceptors (Lipinski definition) is 6. The Hall–Kier alpha value is -3.56. The summed E-state index contributed by atoms with van der Waals surface area (Å²) >= 11 is 0. The van der Waals surface area contributed by atoms with Crippen LogP contribution in [0.15, 0.2) is 29.2 Å². The number of nitrogens with one attached hydrogen (secondary N) is 1. The molecule has 1 aromatic carbocycles. The third kappa shape index (κ3) is 5.74. The van der Waals surface area contributed by atoms with E-state index in [0.29, 0.717) is 18.8 Å². The number of unbranched alkanes of at least 4 members (excludes halogenated alkanes) is 1. The first-order valence-corrected chi connectivity index (χ1v) is 9.48. The molecule has 0 aliphatic heterocycles. The van der Waals surface area contributed by atoms with Crippen molar-refractivity contribution in [3.8, 4) is 5.75 Å². The van der Waals surface area contributed by atoms with Crippen LogP contribution in [0.3, 0.4) is 0 Å². The second-order valence-corrected chi connectivity index (χ2v) is 6.48. The van der Waals surface area contributed by atoms with Gasteiger partial charge in [-0.1, -0.05) is 19.4 Å². The number of nitrogens with zero attached hydrogens (tertiary/aromatic N) is 1. The smallest absolute Gasteiger partial charge is 0.358 e. The van der Waals surface area contributed by atoms with Crippen LogP contribution < -0.4 is 15.5 Å². The van der Waals surface area contributed by atoms with E-state index < -0.39 is 40.3 Å². The van der Waals surface area contributed by atoms with Gasteiger partial charge in [0.1, 0.15) is 23.5 Å². The van der Waals surface area contributed by atoms with Crippen LogP contribution in [0.5, 0.6) is 5.75 Å². The molecule has 0 aliphatic rings. The molecule has 0 unspecified atom stereocenters. The fourth-order valence-electron chi connectivity index (χ4n) is 2.72. The van der Waals surface area contributed by atoms with Gasteiger partial charge in [0.2, 0.25) is 5.43 Å². The fraction of sp³-hybridized carbons (Fsp3) is 0.333. The summed E-state index contributed by atoms with van der Waals surface area (Å²) in [5.41, 5.74) is -1.58. The number of ether oxygens (including phenoxy) is 2. The molecule has 0 fully saturated rings. The molecule has 0 atom stereocenters. The van der Waals surface area contributed by atoms with Crippen LogP contribution in [0.2, 0.25) is 0 Å². The minimum atomic E-state index is -0.911. The highest BCUT2D eigenvalue weighted by Gasteiger charge is 2.26. The zero-order chi connectivity index (χ0) is 23.0. The summed E-state index contributed by atoms with van der Waals surface area (Å²) in [4.78, 5) is 48.8. The first kappa shape index (κ1) is 23.7. The SMILES string of the molecule is CCCCOc1c(C(=O)OC)n(CC=O)cc(C(=O)NCc2ccc(F)cc2F)c1=O. The average molecular weight is 436 g/mol. The molecule has 2 aromatic rings. The van der Waals surface area contributed by atoms with E-state index in [2.05, 4.69) is 10.1 Å². The Morgan fingerprint density at radius 1 is 1.26 bits per heavy atom. The highest BCUT2D eigenvalue weighted by Crippen LogP contribution is 2.18. The molecule has 0 aliphatic carbocycles. The minimum Gasteiger partial charge on any atom is -0.487 e. The van der Waals surface area contributed by atoms with Crippen molar-refractivity contribution in [3.63, 3.8) is 0 Å². The zero-order valence-electron chi connectivity index (χ0n) is 17.1. The first-order valence-electron chi connectivity index (χ1n) is 9.48. The molecule has 31 heavy (non-hydrogen) atoms. The summed E-state index contributed by atoms with van der Waals surface area (Å²) in [6.07, 6.45) is 2.84. The number of carbonyl (C=O) groups is 3. The van der Waals surface area contributed by atoms with E-state index >= 15 is 0 Å². The Morgan fingerprint density at radius 2 is 2.00 bits per heavy atom. The second-order valence-electron chi connectivity index (χ2n) is 6.48. The second kappa shape index (κ2) is 11.0. The van der Waals surface area contributed by atoms with Gasteiger partial charge in [-0.15, -0.1) is 0 Å². The van der Waals surface area contributed by atoms with E-state index in [4.69, 9.17) is 4.74 Å². The molecule has 0 radical (unpaired) electrons. The van der Waals surface area contributed by atoms with Crippen molar-refractivity contribution in [2.24, 2.45) is 0 Å². The third-order valence-electron chi connectivity index (χ3n) is 4.33. The number of aldehydes is 1. The van der Waals surface area contributed by atoms with E-state index in [-0.39, 0.29) is 31.0 Å². The van der Waals surface area contributed by atoms with Crippen molar-refractivity contribution in [1.82, 2.24) is 9.88 Å². The number of halogens is 2. The normalized spacial score (nSPS) is 10.5. The highest BCUT2D eigenvalue weighted by molar-refractivity contribution is 5.97. The summed E-state index contributed by atoms with van der Waals surface area (Å²) in [5.74, 6) is -3.83. The van der Waals surface area contributed by atoms with Gasteiger partial charge < -0.3 is 24.2 Å². The Bertz CT molecular complexity index is 1040. The van der Waals surface area contributed by atoms with E-state index in [1.165, 1.54) is 0 Å². The lowest BCUT2D eigenvalue weighted by Gasteiger charge is -2.16. The minimum absolute atomic E-state index is 0.00793. The predicted octanol–water partition coefficient (Wildman–Crippen LogP) is 2.22. The largest absolute Gasteiger partial charge is 0.487 e. The molecule has 2 rings (SSSR count). The number of carbonyl (C=O) groups excluding carboxylic acids is 3. The average Bonchev–Trinajstić information content (AvgIpc) is 2.74. The van der Waals surface area contributed by atoms with Crippen LogP contribution in [-0.2, 0) is 22.6 Å². The van der Waals surface area contributed by atoms with E-state index in [9.17, 15) is 28.0 Å². The van der Waals surface area contributed by atoms with E-state index in [0.717, 1.165) is 36.4 Å². The Kier molecular flexibility index (Phi) is 8.42. The molecule has 166 valence electrons. The molecular formula is C21H22F2N2O6. The van der Waals surface area contributed by atoms with Gasteiger partial charge in [0, 0.05) is 24.4 Å². The zero-order valence-corrected chi connectivity index (χ0v) is 17.1. The monoisotopic (exact) mass is 436 g/mol. The van der Waals surface area contributed by atoms with Gasteiger partial charge in [-0.2, -0.15) is 0 Å². The van der Waals surface area contributed by atoms with Crippen LogP contribution >= 0.6 is 0 Å². The quantitative estimate of drug-likeness (QED) is 0.348. The number of methoxy groups -OCH3 is 1. The predicted molar refractivity (Wildman–Crippen MR) is 106 cm³/mol. The summed E-state index contributed by atoms with van der Waals surface area (Å²) in [6, 6.07) is 2.87. The van der Waals surface area contributed by atoms with Crippen LogP contribution in [0.4, 0.5) is 8.78 Å². The summed E-state index contributed by atoms with van der Waals surface area (Å²) in [6.45, 7) is 1.33. The standard InChI is InChI=1S/C21H22F2N2O6/c1-3-4-9-31-19-17(21(29)30-2)25(7-8-26)12-15(18(19)27)20(28)24-11-13-5-6-14(22)10-16(13)23/h5-6,8,10,12H,3-4,7,9,11H2,1-2H3,(H,24,28). The maximum atomic E-state index is 13.8. The van der Waals surface area contributed by atoms with Crippen LogP contribution in [-0.4, -0.2) is 36.4 Å². The number of pyridine rings is 1. The summed E-state index contributed by atoms with van der Waals surface area (Å²) in [5, 5.41) is 2.37. The third-order valence-corrected chi connectivity index (χ3v) is 4.33. The number of rotatable bonds is 10. The molecule has 1 N–H and O–H groups in total. The van der Waals surface area contributed by atoms with E-state index in [1.807, 2.05) is 6.92 Å². The van der Waals surface area contributed by atoms with Gasteiger partial charge in [-0.25, -0.2) is 13.6 Å². The number of hydrogen-bond donors (Lipinski definition) is 1. The molecule has 0 bridgehead atoms. The molecule has 0 spiro atoms. The molecule has 0 saturated carbocycles. The lowest BCUT2D eigenvalue weighted by atomic mass is 10.1. The maximum absolute atomic E-state index is 13.8. The summed E-state index contributed by atoms with van der Waals surface area (Å²) in [7, 11) is 1.10. The Morgan fingerprint density at radius 3 is 2.61 bits per heavy atom. The van der Waals surface area contributed by atoms with Crippen molar-refractivity contribution in [2.75, 3.05) is 13.7 Å². The molecule has 1 heterocycles. The van der Waals surface area contributed by atoms with Crippen molar-refractivity contribution < 1.29 is 32.6 Å². The lowest BCUT2D eigenvalue weighted by Crippen LogP contribution is -2.32. The first-order chi connectivity index (χ1) is 14.8. The van der Waals surface area contributed by atoms with E-state index in [1.54, 1.807) is 0 Å². The van der Waals surface area contributed by atoms with Crippen LogP contribution in [0.1, 0.15) is 46.2 Å². The molecule has 1 amide bonds. The Balaban J connectivity index is 2.45. The molecule has 10 heteroatoms. The number of benzene rings is 1. The van der Waals surface area contributed by atoms with Crippen molar-refractivity contribution in [1.29, 1.82) is 0 Å². The number of esters is 1. The number of aromatic nitrogens is 1. The molecule has 1 aromatic heterocycles. The van der Waals surface area contributed by atoms with Gasteiger partial charge in [0.05, 0.1) is 20.3 Å². The molecule has 8 nitrogen and oxygen atoms in total. The highest BCUT2D eigenvalue weighted by atomic mass is 19.1. The lowest BCUT2D eigenvalue weighted by molar-refractivity contribution is -0.108. The maximum Gasteiger partial charge on any atom is 0.358 e. The number of amides is 1. The van der Waals surface area contributed by atoms with Gasteiger partial charge in [0.25, 0.3) is 5.91 Å². The van der Waals surface area contributed by atoms with Crippen LogP contribution in [0.25, 0.3) is 0 Å². The van der Waals surface area contributed by atoms with Gasteiger partial charge in [0.15, 0.2) is 11.4 Å². The molecular weight excluding hydrogens is 414 g/mol. The van der Waals surface area contributed by atoms with Crippen molar-refractivity contribution in [2.45, 2.75) is 32.9 Å². The van der Waals surface area contributed by atoms with Crippen molar-refractivity contribution >= 4 is 18.2 Å². The van der Waals surface area contributed by atoms with Gasteiger partial charge in [-0.3, -0.25) is 9.59 Å². The van der Waals surface area contributed by atoms with Crippen molar-refractivity contribution in [3.05, 3.63) is 63.1 Å². The fourth-order valence-corrected chi connectivity index (χ4v) is 2.72. The van der Waals surface area contributed by atoms with Gasteiger partial charge in [-0.05, 0) is 12.5 Å². The van der Waals surface area contributed by atoms with Gasteiger partial charge >= 0.3 is 5.97 Å². The summed E-state index contributed by atoms with van der Waals surface area (Å²) < 4.78 is 38.1. The van der Waals surface area contributed by atoms with Crippen LogP contribution in [0, 0.1) is 11.6 Å². The Labute approximate surface area is 176 Å². The topological polar surface area (TPSA) is 104 Å².